The molecule has 0 fully saturated rings. The maximum absolute atomic E-state index is 10.5. The molecule has 64 valence electrons. The SMILES string of the molecule is CC(=O)N/N=C(\C)c1cccs1. The van der Waals surface area contributed by atoms with E-state index in [0.29, 0.717) is 0 Å². The molecule has 0 aliphatic heterocycles. The highest BCUT2D eigenvalue weighted by Crippen LogP contribution is 2.08. The van der Waals surface area contributed by atoms with Crippen molar-refractivity contribution in [1.29, 1.82) is 0 Å². The molecule has 0 saturated heterocycles. The summed E-state index contributed by atoms with van der Waals surface area (Å²) in [6, 6.07) is 3.91. The number of hydrogen-bond acceptors (Lipinski definition) is 3. The summed E-state index contributed by atoms with van der Waals surface area (Å²) in [7, 11) is 0. The van der Waals surface area contributed by atoms with Crippen LogP contribution in [0.2, 0.25) is 0 Å². The fraction of sp³-hybridized carbons (Fsp3) is 0.250. The van der Waals surface area contributed by atoms with Crippen molar-refractivity contribution in [3.05, 3.63) is 22.4 Å². The van der Waals surface area contributed by atoms with Gasteiger partial charge in [-0.05, 0) is 18.4 Å². The molecule has 0 aromatic carbocycles. The molecule has 1 amide bonds. The first-order chi connectivity index (χ1) is 5.70. The molecule has 1 heterocycles. The zero-order valence-electron chi connectivity index (χ0n) is 7.00. The fourth-order valence-corrected chi connectivity index (χ4v) is 1.38. The van der Waals surface area contributed by atoms with Gasteiger partial charge in [-0.1, -0.05) is 6.07 Å². The highest BCUT2D eigenvalue weighted by molar-refractivity contribution is 7.12. The molecule has 1 aromatic rings. The first kappa shape index (κ1) is 8.93. The van der Waals surface area contributed by atoms with Gasteiger partial charge in [0.2, 0.25) is 5.91 Å². The van der Waals surface area contributed by atoms with Gasteiger partial charge in [-0.25, -0.2) is 5.43 Å². The molecule has 1 rings (SSSR count). The second-order valence-electron chi connectivity index (χ2n) is 2.34. The van der Waals surface area contributed by atoms with E-state index in [2.05, 4.69) is 10.5 Å². The van der Waals surface area contributed by atoms with E-state index in [4.69, 9.17) is 0 Å². The van der Waals surface area contributed by atoms with Crippen LogP contribution in [0.4, 0.5) is 0 Å². The summed E-state index contributed by atoms with van der Waals surface area (Å²) in [5.74, 6) is -0.147. The molecule has 0 aliphatic carbocycles. The van der Waals surface area contributed by atoms with Crippen molar-refractivity contribution < 1.29 is 4.79 Å². The van der Waals surface area contributed by atoms with Gasteiger partial charge in [0.15, 0.2) is 0 Å². The Kier molecular flexibility index (Phi) is 2.99. The van der Waals surface area contributed by atoms with Crippen molar-refractivity contribution in [1.82, 2.24) is 5.43 Å². The predicted octanol–water partition coefficient (Wildman–Crippen LogP) is 1.61. The molecule has 1 aromatic heterocycles. The maximum Gasteiger partial charge on any atom is 0.236 e. The van der Waals surface area contributed by atoms with E-state index >= 15 is 0 Å². The van der Waals surface area contributed by atoms with Gasteiger partial charge < -0.3 is 0 Å². The number of rotatable bonds is 2. The number of hydrogen-bond donors (Lipinski definition) is 1. The second kappa shape index (κ2) is 4.01. The summed E-state index contributed by atoms with van der Waals surface area (Å²) in [4.78, 5) is 11.6. The van der Waals surface area contributed by atoms with Crippen molar-refractivity contribution in [2.24, 2.45) is 5.10 Å². The number of nitrogens with one attached hydrogen (secondary N) is 1. The number of nitrogens with zero attached hydrogens (tertiary/aromatic N) is 1. The Bertz CT molecular complexity index is 290. The van der Waals surface area contributed by atoms with E-state index in [1.165, 1.54) is 6.92 Å². The molecule has 0 radical (unpaired) electrons. The van der Waals surface area contributed by atoms with Gasteiger partial charge in [-0.2, -0.15) is 5.10 Å². The van der Waals surface area contributed by atoms with Gasteiger partial charge in [0.1, 0.15) is 0 Å². The topological polar surface area (TPSA) is 41.5 Å². The van der Waals surface area contributed by atoms with Gasteiger partial charge in [0, 0.05) is 11.8 Å². The van der Waals surface area contributed by atoms with Crippen molar-refractivity contribution >= 4 is 23.0 Å². The van der Waals surface area contributed by atoms with Crippen molar-refractivity contribution in [2.45, 2.75) is 13.8 Å². The highest BCUT2D eigenvalue weighted by atomic mass is 32.1. The van der Waals surface area contributed by atoms with Gasteiger partial charge in [0.05, 0.1) is 5.71 Å². The van der Waals surface area contributed by atoms with Crippen LogP contribution in [0.3, 0.4) is 0 Å². The van der Waals surface area contributed by atoms with E-state index in [9.17, 15) is 4.79 Å². The first-order valence-electron chi connectivity index (χ1n) is 3.55. The summed E-state index contributed by atoms with van der Waals surface area (Å²) in [6.07, 6.45) is 0. The Morgan fingerprint density at radius 1 is 1.58 bits per heavy atom. The minimum absolute atomic E-state index is 0.147. The Balaban J connectivity index is 2.65. The molecule has 4 heteroatoms. The zero-order valence-corrected chi connectivity index (χ0v) is 7.81. The van der Waals surface area contributed by atoms with Gasteiger partial charge >= 0.3 is 0 Å². The van der Waals surface area contributed by atoms with Gasteiger partial charge in [0.25, 0.3) is 0 Å². The van der Waals surface area contributed by atoms with Crippen LogP contribution < -0.4 is 5.43 Å². The minimum atomic E-state index is -0.147. The van der Waals surface area contributed by atoms with Gasteiger partial charge in [-0.15, -0.1) is 11.3 Å². The Morgan fingerprint density at radius 3 is 2.83 bits per heavy atom. The lowest BCUT2D eigenvalue weighted by Gasteiger charge is -1.95. The quantitative estimate of drug-likeness (QED) is 0.548. The smallest absolute Gasteiger partial charge is 0.236 e. The lowest BCUT2D eigenvalue weighted by Crippen LogP contribution is -2.14. The van der Waals surface area contributed by atoms with E-state index < -0.39 is 0 Å². The molecule has 0 aliphatic rings. The Labute approximate surface area is 75.1 Å². The lowest BCUT2D eigenvalue weighted by atomic mass is 10.3. The van der Waals surface area contributed by atoms with Crippen LogP contribution in [0.5, 0.6) is 0 Å². The number of carbonyl (C=O) groups is 1. The number of carbonyl (C=O) groups excluding carboxylic acids is 1. The van der Waals surface area contributed by atoms with Crippen LogP contribution in [0.1, 0.15) is 18.7 Å². The van der Waals surface area contributed by atoms with Crippen LogP contribution in [-0.4, -0.2) is 11.6 Å². The average molecular weight is 182 g/mol. The predicted molar refractivity (Wildman–Crippen MR) is 50.3 cm³/mol. The normalized spacial score (nSPS) is 11.3. The second-order valence-corrected chi connectivity index (χ2v) is 3.29. The van der Waals surface area contributed by atoms with Crippen LogP contribution in [0.25, 0.3) is 0 Å². The third-order valence-corrected chi connectivity index (χ3v) is 2.24. The van der Waals surface area contributed by atoms with Crippen LogP contribution in [0, 0.1) is 0 Å². The van der Waals surface area contributed by atoms with E-state index in [-0.39, 0.29) is 5.91 Å². The summed E-state index contributed by atoms with van der Waals surface area (Å²) in [5.41, 5.74) is 3.22. The van der Waals surface area contributed by atoms with Gasteiger partial charge in [-0.3, -0.25) is 4.79 Å². The van der Waals surface area contributed by atoms with Crippen molar-refractivity contribution in [2.75, 3.05) is 0 Å². The molecule has 12 heavy (non-hydrogen) atoms. The lowest BCUT2D eigenvalue weighted by molar-refractivity contribution is -0.118. The van der Waals surface area contributed by atoms with Crippen molar-refractivity contribution in [3.8, 4) is 0 Å². The van der Waals surface area contributed by atoms with Crippen LogP contribution >= 0.6 is 11.3 Å². The summed E-state index contributed by atoms with van der Waals surface area (Å²) < 4.78 is 0. The standard InChI is InChI=1S/C8H10N2OS/c1-6(9-10-7(2)11)8-4-3-5-12-8/h3-5H,1-2H3,(H,10,11)/b9-6+. The molecule has 0 spiro atoms. The maximum atomic E-state index is 10.5. The Morgan fingerprint density at radius 2 is 2.33 bits per heavy atom. The number of thiophene rings is 1. The molecule has 0 bridgehead atoms. The highest BCUT2D eigenvalue weighted by Gasteiger charge is 1.97. The monoisotopic (exact) mass is 182 g/mol. The molecular weight excluding hydrogens is 172 g/mol. The average Bonchev–Trinajstić information content (AvgIpc) is 2.51. The number of amides is 1. The van der Waals surface area contributed by atoms with Crippen LogP contribution in [-0.2, 0) is 4.79 Å². The van der Waals surface area contributed by atoms with Crippen LogP contribution in [0.15, 0.2) is 22.6 Å². The van der Waals surface area contributed by atoms with E-state index in [1.807, 2.05) is 24.4 Å². The molecule has 3 nitrogen and oxygen atoms in total. The summed E-state index contributed by atoms with van der Waals surface area (Å²) in [6.45, 7) is 3.30. The third kappa shape index (κ3) is 2.47. The zero-order chi connectivity index (χ0) is 8.97. The molecular formula is C8H10N2OS. The summed E-state index contributed by atoms with van der Waals surface area (Å²) >= 11 is 1.60. The minimum Gasteiger partial charge on any atom is -0.274 e. The third-order valence-electron chi connectivity index (χ3n) is 1.26. The van der Waals surface area contributed by atoms with E-state index in [0.717, 1.165) is 10.6 Å². The van der Waals surface area contributed by atoms with E-state index in [1.54, 1.807) is 11.3 Å². The first-order valence-corrected chi connectivity index (χ1v) is 4.43. The van der Waals surface area contributed by atoms with Crippen molar-refractivity contribution in [3.63, 3.8) is 0 Å². The molecule has 1 N–H and O–H groups in total. The molecule has 0 unspecified atom stereocenters. The number of hydrazone groups is 1. The Hall–Kier alpha value is -1.16. The molecule has 0 atom stereocenters. The largest absolute Gasteiger partial charge is 0.274 e. The fourth-order valence-electron chi connectivity index (χ4n) is 0.702. The molecule has 0 saturated carbocycles. The summed E-state index contributed by atoms with van der Waals surface area (Å²) in [5, 5.41) is 5.87.